The van der Waals surface area contributed by atoms with Gasteiger partial charge < -0.3 is 10.6 Å². The summed E-state index contributed by atoms with van der Waals surface area (Å²) in [6, 6.07) is 3.34. The molecule has 1 aromatic rings. The van der Waals surface area contributed by atoms with E-state index < -0.39 is 0 Å². The van der Waals surface area contributed by atoms with Gasteiger partial charge in [0.2, 0.25) is 0 Å². The Balaban J connectivity index is 2.09. The van der Waals surface area contributed by atoms with Crippen LogP contribution >= 0.6 is 11.8 Å². The number of carbonyl (C=O) groups excluding carboxylic acids is 1. The zero-order chi connectivity index (χ0) is 12.3. The molecule has 0 aliphatic carbocycles. The van der Waals surface area contributed by atoms with Crippen LogP contribution in [0.3, 0.4) is 0 Å². The average molecular weight is 251 g/mol. The van der Waals surface area contributed by atoms with Crippen LogP contribution in [-0.4, -0.2) is 39.9 Å². The predicted octanol–water partition coefficient (Wildman–Crippen LogP) is 1.63. The molecule has 1 unspecified atom stereocenters. The molecule has 1 aliphatic heterocycles. The summed E-state index contributed by atoms with van der Waals surface area (Å²) >= 11 is 1.94. The summed E-state index contributed by atoms with van der Waals surface area (Å²) < 4.78 is 0. The molecule has 0 aromatic carbocycles. The van der Waals surface area contributed by atoms with E-state index in [4.69, 9.17) is 5.73 Å². The lowest BCUT2D eigenvalue weighted by atomic mass is 10.2. The molecule has 0 spiro atoms. The van der Waals surface area contributed by atoms with E-state index >= 15 is 0 Å². The molecule has 2 N–H and O–H groups in total. The number of nitrogen functional groups attached to an aromatic ring is 1. The van der Waals surface area contributed by atoms with Crippen LogP contribution in [0.5, 0.6) is 0 Å². The molecule has 92 valence electrons. The van der Waals surface area contributed by atoms with E-state index in [0.717, 1.165) is 25.3 Å². The highest BCUT2D eigenvalue weighted by atomic mass is 32.2. The van der Waals surface area contributed by atoms with Gasteiger partial charge in [-0.15, -0.1) is 0 Å². The molecule has 0 bridgehead atoms. The summed E-state index contributed by atoms with van der Waals surface area (Å²) in [4.78, 5) is 18.2. The molecule has 0 saturated carbocycles. The van der Waals surface area contributed by atoms with Crippen molar-refractivity contribution in [3.05, 3.63) is 24.0 Å². The van der Waals surface area contributed by atoms with Gasteiger partial charge in [-0.1, -0.05) is 6.92 Å². The number of pyridine rings is 1. The Hall–Kier alpha value is -1.23. The van der Waals surface area contributed by atoms with Crippen molar-refractivity contribution in [2.75, 3.05) is 24.6 Å². The monoisotopic (exact) mass is 251 g/mol. The van der Waals surface area contributed by atoms with Crippen molar-refractivity contribution in [3.63, 3.8) is 0 Å². The number of thioether (sulfide) groups is 1. The molecule has 4 nitrogen and oxygen atoms in total. The number of carbonyl (C=O) groups is 1. The molecular formula is C12H17N3OS. The topological polar surface area (TPSA) is 59.2 Å². The minimum atomic E-state index is -0.00366. The van der Waals surface area contributed by atoms with E-state index in [-0.39, 0.29) is 5.91 Å². The molecule has 1 saturated heterocycles. The lowest BCUT2D eigenvalue weighted by Crippen LogP contribution is -2.42. The lowest BCUT2D eigenvalue weighted by Gasteiger charge is -2.31. The van der Waals surface area contributed by atoms with Crippen LogP contribution in [0.4, 0.5) is 5.69 Å². The quantitative estimate of drug-likeness (QED) is 0.868. The Morgan fingerprint density at radius 2 is 2.53 bits per heavy atom. The number of hydrogen-bond acceptors (Lipinski definition) is 4. The SMILES string of the molecule is CCC1CN(C(=O)c2cc(N)ccn2)CCS1. The molecule has 2 rings (SSSR count). The predicted molar refractivity (Wildman–Crippen MR) is 71.1 cm³/mol. The van der Waals surface area contributed by atoms with Gasteiger partial charge >= 0.3 is 0 Å². The van der Waals surface area contributed by atoms with Gasteiger partial charge in [0.25, 0.3) is 5.91 Å². The summed E-state index contributed by atoms with van der Waals surface area (Å²) in [6.45, 7) is 3.78. The number of aromatic nitrogens is 1. The minimum Gasteiger partial charge on any atom is -0.399 e. The van der Waals surface area contributed by atoms with E-state index in [0.29, 0.717) is 16.6 Å². The van der Waals surface area contributed by atoms with Crippen LogP contribution in [-0.2, 0) is 0 Å². The molecule has 0 radical (unpaired) electrons. The van der Waals surface area contributed by atoms with E-state index in [1.165, 1.54) is 0 Å². The summed E-state index contributed by atoms with van der Waals surface area (Å²) in [5, 5.41) is 0.550. The fraction of sp³-hybridized carbons (Fsp3) is 0.500. The standard InChI is InChI=1S/C12H17N3OS/c1-2-10-8-15(5-6-17-10)12(16)11-7-9(13)3-4-14-11/h3-4,7,10H,2,5-6,8H2,1H3,(H2,13,14). The first-order chi connectivity index (χ1) is 8.20. The van der Waals surface area contributed by atoms with Gasteiger partial charge in [0, 0.05) is 36.0 Å². The number of hydrogen-bond donors (Lipinski definition) is 1. The molecule has 1 aromatic heterocycles. The molecule has 2 heterocycles. The lowest BCUT2D eigenvalue weighted by molar-refractivity contribution is 0.0755. The van der Waals surface area contributed by atoms with Crippen molar-refractivity contribution in [1.29, 1.82) is 0 Å². The maximum atomic E-state index is 12.2. The number of nitrogens with zero attached hydrogens (tertiary/aromatic N) is 2. The van der Waals surface area contributed by atoms with E-state index in [1.54, 1.807) is 18.3 Å². The third kappa shape index (κ3) is 2.91. The maximum Gasteiger partial charge on any atom is 0.272 e. The average Bonchev–Trinajstić information content (AvgIpc) is 2.38. The van der Waals surface area contributed by atoms with Gasteiger partial charge in [-0.05, 0) is 18.6 Å². The van der Waals surface area contributed by atoms with E-state index in [9.17, 15) is 4.79 Å². The van der Waals surface area contributed by atoms with Crippen molar-refractivity contribution in [1.82, 2.24) is 9.88 Å². The van der Waals surface area contributed by atoms with Crippen molar-refractivity contribution in [3.8, 4) is 0 Å². The summed E-state index contributed by atoms with van der Waals surface area (Å²) in [6.07, 6.45) is 2.68. The highest BCUT2D eigenvalue weighted by Crippen LogP contribution is 2.22. The van der Waals surface area contributed by atoms with Crippen LogP contribution in [0, 0.1) is 0 Å². The third-order valence-corrected chi connectivity index (χ3v) is 4.26. The second kappa shape index (κ2) is 5.40. The zero-order valence-corrected chi connectivity index (χ0v) is 10.7. The smallest absolute Gasteiger partial charge is 0.272 e. The summed E-state index contributed by atoms with van der Waals surface area (Å²) in [7, 11) is 0. The van der Waals surface area contributed by atoms with Crippen molar-refractivity contribution >= 4 is 23.4 Å². The van der Waals surface area contributed by atoms with Gasteiger partial charge in [-0.3, -0.25) is 9.78 Å². The van der Waals surface area contributed by atoms with Crippen LogP contribution in [0.2, 0.25) is 0 Å². The summed E-state index contributed by atoms with van der Waals surface area (Å²) in [5.41, 5.74) is 6.70. The van der Waals surface area contributed by atoms with Crippen molar-refractivity contribution in [2.24, 2.45) is 0 Å². The highest BCUT2D eigenvalue weighted by molar-refractivity contribution is 8.00. The van der Waals surface area contributed by atoms with E-state index in [1.807, 2.05) is 16.7 Å². The first-order valence-electron chi connectivity index (χ1n) is 5.83. The second-order valence-corrected chi connectivity index (χ2v) is 5.53. The molecule has 1 fully saturated rings. The Kier molecular flexibility index (Phi) is 3.89. The van der Waals surface area contributed by atoms with Crippen LogP contribution < -0.4 is 5.73 Å². The maximum absolute atomic E-state index is 12.2. The van der Waals surface area contributed by atoms with Gasteiger partial charge in [0.05, 0.1) is 0 Å². The molecule has 17 heavy (non-hydrogen) atoms. The van der Waals surface area contributed by atoms with Crippen molar-refractivity contribution < 1.29 is 4.79 Å². The van der Waals surface area contributed by atoms with Crippen molar-refractivity contribution in [2.45, 2.75) is 18.6 Å². The fourth-order valence-corrected chi connectivity index (χ4v) is 3.06. The Morgan fingerprint density at radius 1 is 1.71 bits per heavy atom. The van der Waals surface area contributed by atoms with Gasteiger partial charge in [-0.25, -0.2) is 0 Å². The van der Waals surface area contributed by atoms with Gasteiger partial charge in [-0.2, -0.15) is 11.8 Å². The highest BCUT2D eigenvalue weighted by Gasteiger charge is 2.24. The van der Waals surface area contributed by atoms with Gasteiger partial charge in [0.15, 0.2) is 0 Å². The van der Waals surface area contributed by atoms with Crippen LogP contribution in [0.15, 0.2) is 18.3 Å². The first-order valence-corrected chi connectivity index (χ1v) is 6.88. The van der Waals surface area contributed by atoms with Gasteiger partial charge in [0.1, 0.15) is 5.69 Å². The summed E-state index contributed by atoms with van der Waals surface area (Å²) in [5.74, 6) is 1.00. The van der Waals surface area contributed by atoms with E-state index in [2.05, 4.69) is 11.9 Å². The fourth-order valence-electron chi connectivity index (χ4n) is 1.88. The Bertz CT molecular complexity index is 410. The Labute approximate surface area is 106 Å². The molecule has 1 atom stereocenters. The van der Waals surface area contributed by atoms with Crippen LogP contribution in [0.1, 0.15) is 23.8 Å². The number of nitrogens with two attached hydrogens (primary N) is 1. The molecule has 5 heteroatoms. The second-order valence-electron chi connectivity index (χ2n) is 4.13. The third-order valence-electron chi connectivity index (χ3n) is 2.88. The number of amides is 1. The number of rotatable bonds is 2. The van der Waals surface area contributed by atoms with Crippen LogP contribution in [0.25, 0.3) is 0 Å². The molecular weight excluding hydrogens is 234 g/mol. The zero-order valence-electron chi connectivity index (χ0n) is 9.93. The number of anilines is 1. The minimum absolute atomic E-state index is 0.00366. The molecule has 1 amide bonds. The molecule has 1 aliphatic rings. The largest absolute Gasteiger partial charge is 0.399 e. The normalized spacial score (nSPS) is 20.3. The Morgan fingerprint density at radius 3 is 3.24 bits per heavy atom. The first kappa shape index (κ1) is 12.2.